The van der Waals surface area contributed by atoms with Crippen LogP contribution in [0.1, 0.15) is 10.4 Å². The van der Waals surface area contributed by atoms with E-state index in [1.807, 2.05) is 24.3 Å². The predicted octanol–water partition coefficient (Wildman–Crippen LogP) is 3.74. The quantitative estimate of drug-likeness (QED) is 0.728. The van der Waals surface area contributed by atoms with Crippen LogP contribution in [-0.2, 0) is 0 Å². The number of hydrogen-bond donors (Lipinski definition) is 2. The molecule has 0 aliphatic rings. The van der Waals surface area contributed by atoms with Crippen molar-refractivity contribution in [3.63, 3.8) is 0 Å². The highest BCUT2D eigenvalue weighted by molar-refractivity contribution is 14.1. The Bertz CT molecular complexity index is 619. The van der Waals surface area contributed by atoms with Crippen molar-refractivity contribution < 1.29 is 4.79 Å². The Morgan fingerprint density at radius 3 is 2.84 bits per heavy atom. The van der Waals surface area contributed by atoms with Gasteiger partial charge in [-0.25, -0.2) is 4.98 Å². The van der Waals surface area contributed by atoms with Gasteiger partial charge in [-0.15, -0.1) is 0 Å². The van der Waals surface area contributed by atoms with E-state index >= 15 is 0 Å². The number of anilines is 2. The molecule has 2 aromatic rings. The van der Waals surface area contributed by atoms with E-state index in [1.165, 1.54) is 0 Å². The molecule has 0 unspecified atom stereocenters. The molecule has 2 N–H and O–H groups in total. The van der Waals surface area contributed by atoms with E-state index in [1.54, 1.807) is 19.3 Å². The van der Waals surface area contributed by atoms with Crippen LogP contribution in [0.4, 0.5) is 11.5 Å². The molecule has 0 aliphatic carbocycles. The molecular weight excluding hydrogens is 421 g/mol. The SMILES string of the molecule is CNc1ncc(Br)cc1C(=O)Nc1cccc(I)c1. The van der Waals surface area contributed by atoms with Crippen molar-refractivity contribution in [2.75, 3.05) is 17.7 Å². The second kappa shape index (κ2) is 6.33. The fraction of sp³-hybridized carbons (Fsp3) is 0.0769. The number of pyridine rings is 1. The Morgan fingerprint density at radius 1 is 1.37 bits per heavy atom. The van der Waals surface area contributed by atoms with Crippen LogP contribution in [0.2, 0.25) is 0 Å². The van der Waals surface area contributed by atoms with Crippen LogP contribution in [-0.4, -0.2) is 17.9 Å². The van der Waals surface area contributed by atoms with Crippen molar-refractivity contribution >= 4 is 55.9 Å². The molecule has 0 saturated heterocycles. The van der Waals surface area contributed by atoms with Crippen molar-refractivity contribution in [1.82, 2.24) is 4.98 Å². The second-order valence-electron chi connectivity index (χ2n) is 3.76. The minimum Gasteiger partial charge on any atom is -0.372 e. The summed E-state index contributed by atoms with van der Waals surface area (Å²) >= 11 is 5.52. The second-order valence-corrected chi connectivity index (χ2v) is 5.93. The maximum Gasteiger partial charge on any atom is 0.259 e. The number of carbonyl (C=O) groups excluding carboxylic acids is 1. The smallest absolute Gasteiger partial charge is 0.259 e. The Kier molecular flexibility index (Phi) is 4.76. The van der Waals surface area contributed by atoms with Gasteiger partial charge in [0.05, 0.1) is 5.56 Å². The van der Waals surface area contributed by atoms with Gasteiger partial charge >= 0.3 is 0 Å². The lowest BCUT2D eigenvalue weighted by Crippen LogP contribution is -2.15. The zero-order valence-corrected chi connectivity index (χ0v) is 13.8. The van der Waals surface area contributed by atoms with E-state index in [2.05, 4.69) is 54.1 Å². The van der Waals surface area contributed by atoms with E-state index in [0.29, 0.717) is 11.4 Å². The molecule has 0 bridgehead atoms. The molecule has 2 rings (SSSR count). The minimum atomic E-state index is -0.194. The minimum absolute atomic E-state index is 0.194. The van der Waals surface area contributed by atoms with Gasteiger partial charge in [0.25, 0.3) is 5.91 Å². The van der Waals surface area contributed by atoms with Crippen molar-refractivity contribution in [3.05, 3.63) is 50.1 Å². The summed E-state index contributed by atoms with van der Waals surface area (Å²) in [6.07, 6.45) is 1.65. The van der Waals surface area contributed by atoms with Gasteiger partial charge in [-0.3, -0.25) is 4.79 Å². The molecule has 6 heteroatoms. The van der Waals surface area contributed by atoms with E-state index in [-0.39, 0.29) is 5.91 Å². The van der Waals surface area contributed by atoms with Crippen molar-refractivity contribution in [3.8, 4) is 0 Å². The number of nitrogens with one attached hydrogen (secondary N) is 2. The Labute approximate surface area is 133 Å². The molecule has 0 fully saturated rings. The number of carbonyl (C=O) groups is 1. The van der Waals surface area contributed by atoms with E-state index in [9.17, 15) is 4.79 Å². The number of hydrogen-bond acceptors (Lipinski definition) is 3. The van der Waals surface area contributed by atoms with Crippen LogP contribution < -0.4 is 10.6 Å². The van der Waals surface area contributed by atoms with Gasteiger partial charge < -0.3 is 10.6 Å². The number of amides is 1. The first-order valence-corrected chi connectivity index (χ1v) is 7.37. The lowest BCUT2D eigenvalue weighted by atomic mass is 10.2. The molecule has 1 aromatic heterocycles. The van der Waals surface area contributed by atoms with Gasteiger partial charge in [-0.05, 0) is 62.8 Å². The normalized spacial score (nSPS) is 10.1. The Morgan fingerprint density at radius 2 is 2.16 bits per heavy atom. The van der Waals surface area contributed by atoms with Crippen LogP contribution in [0, 0.1) is 3.57 Å². The van der Waals surface area contributed by atoms with Gasteiger partial charge in [0.1, 0.15) is 5.82 Å². The summed E-state index contributed by atoms with van der Waals surface area (Å²) in [6.45, 7) is 0. The van der Waals surface area contributed by atoms with E-state index in [0.717, 1.165) is 13.7 Å². The van der Waals surface area contributed by atoms with Crippen LogP contribution in [0.5, 0.6) is 0 Å². The first kappa shape index (κ1) is 14.3. The van der Waals surface area contributed by atoms with Crippen LogP contribution >= 0.6 is 38.5 Å². The maximum atomic E-state index is 12.2. The summed E-state index contributed by atoms with van der Waals surface area (Å²) in [7, 11) is 1.73. The van der Waals surface area contributed by atoms with Gasteiger partial charge in [0.2, 0.25) is 0 Å². The summed E-state index contributed by atoms with van der Waals surface area (Å²) in [6, 6.07) is 9.36. The zero-order valence-electron chi connectivity index (χ0n) is 10.1. The van der Waals surface area contributed by atoms with E-state index < -0.39 is 0 Å². The molecular formula is C13H11BrIN3O. The number of aromatic nitrogens is 1. The number of benzene rings is 1. The van der Waals surface area contributed by atoms with Gasteiger partial charge in [0.15, 0.2) is 0 Å². The molecule has 0 radical (unpaired) electrons. The first-order valence-electron chi connectivity index (χ1n) is 5.50. The number of halogens is 2. The van der Waals surface area contributed by atoms with Crippen LogP contribution in [0.15, 0.2) is 41.0 Å². The molecule has 1 heterocycles. The van der Waals surface area contributed by atoms with Gasteiger partial charge in [0, 0.05) is 27.0 Å². The Hall–Kier alpha value is -1.15. The molecule has 0 atom stereocenters. The average molecular weight is 432 g/mol. The Balaban J connectivity index is 2.27. The summed E-state index contributed by atoms with van der Waals surface area (Å²) in [4.78, 5) is 16.4. The van der Waals surface area contributed by atoms with Crippen LogP contribution in [0.3, 0.4) is 0 Å². The van der Waals surface area contributed by atoms with Crippen molar-refractivity contribution in [1.29, 1.82) is 0 Å². The van der Waals surface area contributed by atoms with Crippen molar-refractivity contribution in [2.45, 2.75) is 0 Å². The largest absolute Gasteiger partial charge is 0.372 e. The maximum absolute atomic E-state index is 12.2. The third kappa shape index (κ3) is 3.66. The molecule has 0 saturated carbocycles. The summed E-state index contributed by atoms with van der Waals surface area (Å²) in [5.41, 5.74) is 1.26. The van der Waals surface area contributed by atoms with Gasteiger partial charge in [-0.2, -0.15) is 0 Å². The number of nitrogens with zero attached hydrogens (tertiary/aromatic N) is 1. The zero-order chi connectivity index (χ0) is 13.8. The standard InChI is InChI=1S/C13H11BrIN3O/c1-16-12-11(5-8(14)7-17-12)13(19)18-10-4-2-3-9(15)6-10/h2-7H,1H3,(H,16,17)(H,18,19). The average Bonchev–Trinajstić information content (AvgIpc) is 2.38. The highest BCUT2D eigenvalue weighted by Gasteiger charge is 2.13. The van der Waals surface area contributed by atoms with Crippen LogP contribution in [0.25, 0.3) is 0 Å². The monoisotopic (exact) mass is 431 g/mol. The third-order valence-electron chi connectivity index (χ3n) is 2.42. The van der Waals surface area contributed by atoms with Crippen molar-refractivity contribution in [2.24, 2.45) is 0 Å². The summed E-state index contributed by atoms with van der Waals surface area (Å²) in [5.74, 6) is 0.353. The molecule has 4 nitrogen and oxygen atoms in total. The lowest BCUT2D eigenvalue weighted by molar-refractivity contribution is 0.102. The number of rotatable bonds is 3. The summed E-state index contributed by atoms with van der Waals surface area (Å²) in [5, 5.41) is 5.76. The third-order valence-corrected chi connectivity index (χ3v) is 3.52. The van der Waals surface area contributed by atoms with Gasteiger partial charge in [-0.1, -0.05) is 6.07 Å². The molecule has 19 heavy (non-hydrogen) atoms. The fourth-order valence-electron chi connectivity index (χ4n) is 1.58. The highest BCUT2D eigenvalue weighted by Crippen LogP contribution is 2.20. The first-order chi connectivity index (χ1) is 9.10. The fourth-order valence-corrected chi connectivity index (χ4v) is 2.45. The summed E-state index contributed by atoms with van der Waals surface area (Å²) < 4.78 is 1.83. The molecule has 1 amide bonds. The molecule has 0 aliphatic heterocycles. The molecule has 1 aromatic carbocycles. The van der Waals surface area contributed by atoms with E-state index in [4.69, 9.17) is 0 Å². The highest BCUT2D eigenvalue weighted by atomic mass is 127. The molecule has 0 spiro atoms. The molecule has 98 valence electrons. The lowest BCUT2D eigenvalue weighted by Gasteiger charge is -2.09. The predicted molar refractivity (Wildman–Crippen MR) is 88.6 cm³/mol. The topological polar surface area (TPSA) is 54.0 Å².